The van der Waals surface area contributed by atoms with Crippen molar-refractivity contribution in [2.45, 2.75) is 6.92 Å². The van der Waals surface area contributed by atoms with Crippen LogP contribution in [-0.4, -0.2) is 5.11 Å². The normalized spacial score (nSPS) is 25.5. The van der Waals surface area contributed by atoms with Gasteiger partial charge in [-0.25, -0.2) is 0 Å². The molecule has 0 saturated heterocycles. The summed E-state index contributed by atoms with van der Waals surface area (Å²) in [6, 6.07) is 0. The van der Waals surface area contributed by atoms with Crippen LogP contribution in [0.3, 0.4) is 0 Å². The molecule has 13 heavy (non-hydrogen) atoms. The van der Waals surface area contributed by atoms with E-state index < -0.39 is 0 Å². The van der Waals surface area contributed by atoms with Gasteiger partial charge in [0.1, 0.15) is 11.5 Å². The summed E-state index contributed by atoms with van der Waals surface area (Å²) >= 11 is 0. The highest BCUT2D eigenvalue weighted by Crippen LogP contribution is 2.46. The Balaban J connectivity index is 2.40. The molecule has 0 amide bonds. The van der Waals surface area contributed by atoms with Crippen LogP contribution in [-0.2, 0) is 0 Å². The maximum absolute atomic E-state index is 10.3. The summed E-state index contributed by atoms with van der Waals surface area (Å²) < 4.78 is 0. The molecule has 2 rings (SSSR count). The molecule has 1 N–H and O–H groups in total. The summed E-state index contributed by atoms with van der Waals surface area (Å²) in [7, 11) is 0. The van der Waals surface area contributed by atoms with E-state index in [-0.39, 0.29) is 11.7 Å². The standard InChI is InChI=1S/C10H9NO2/c1-6-5-7(12)3-2-4-8-9(6)10(8)11-13/h2-5,8,12H,1H3. The van der Waals surface area contributed by atoms with E-state index in [0.29, 0.717) is 5.70 Å². The van der Waals surface area contributed by atoms with Crippen LogP contribution in [0, 0.1) is 10.8 Å². The van der Waals surface area contributed by atoms with Gasteiger partial charge < -0.3 is 5.11 Å². The number of aliphatic hydroxyl groups is 1. The van der Waals surface area contributed by atoms with E-state index in [9.17, 15) is 10.0 Å². The lowest BCUT2D eigenvalue weighted by molar-refractivity contribution is 0.432. The summed E-state index contributed by atoms with van der Waals surface area (Å²) in [6.45, 7) is 1.86. The molecular weight excluding hydrogens is 166 g/mol. The highest BCUT2D eigenvalue weighted by Gasteiger charge is 2.37. The molecule has 3 nitrogen and oxygen atoms in total. The van der Waals surface area contributed by atoms with Gasteiger partial charge in [0, 0.05) is 0 Å². The maximum atomic E-state index is 10.3. The van der Waals surface area contributed by atoms with Gasteiger partial charge >= 0.3 is 0 Å². The molecule has 0 heterocycles. The Morgan fingerprint density at radius 3 is 3.00 bits per heavy atom. The minimum atomic E-state index is 0.0816. The van der Waals surface area contributed by atoms with E-state index >= 15 is 0 Å². The predicted molar refractivity (Wildman–Crippen MR) is 49.9 cm³/mol. The Labute approximate surface area is 75.7 Å². The van der Waals surface area contributed by atoms with Gasteiger partial charge in [0.2, 0.25) is 0 Å². The van der Waals surface area contributed by atoms with Crippen LogP contribution in [0.2, 0.25) is 0 Å². The van der Waals surface area contributed by atoms with Crippen molar-refractivity contribution in [2.75, 3.05) is 0 Å². The van der Waals surface area contributed by atoms with Gasteiger partial charge in [-0.15, -0.1) is 4.91 Å². The van der Waals surface area contributed by atoms with Crippen molar-refractivity contribution in [3.05, 3.63) is 51.8 Å². The molecule has 0 spiro atoms. The van der Waals surface area contributed by atoms with Crippen molar-refractivity contribution >= 4 is 0 Å². The van der Waals surface area contributed by atoms with E-state index in [2.05, 4.69) is 5.18 Å². The van der Waals surface area contributed by atoms with Crippen LogP contribution < -0.4 is 0 Å². The van der Waals surface area contributed by atoms with Crippen LogP contribution in [0.15, 0.2) is 52.1 Å². The lowest BCUT2D eigenvalue weighted by Gasteiger charge is -1.98. The fraction of sp³-hybridized carbons (Fsp3) is 0.200. The largest absolute Gasteiger partial charge is 0.508 e. The molecule has 0 fully saturated rings. The van der Waals surface area contributed by atoms with Crippen molar-refractivity contribution in [2.24, 2.45) is 11.1 Å². The number of rotatable bonds is 1. The maximum Gasteiger partial charge on any atom is 0.115 e. The van der Waals surface area contributed by atoms with Gasteiger partial charge in [-0.3, -0.25) is 0 Å². The monoisotopic (exact) mass is 175 g/mol. The van der Waals surface area contributed by atoms with Gasteiger partial charge in [0.25, 0.3) is 0 Å². The molecule has 3 heteroatoms. The Kier molecular flexibility index (Phi) is 1.65. The topological polar surface area (TPSA) is 49.7 Å². The third kappa shape index (κ3) is 1.22. The molecule has 2 aliphatic rings. The lowest BCUT2D eigenvalue weighted by atomic mass is 10.1. The van der Waals surface area contributed by atoms with Crippen LogP contribution in [0.4, 0.5) is 0 Å². The molecule has 1 atom stereocenters. The summed E-state index contributed by atoms with van der Waals surface area (Å²) in [6.07, 6.45) is 6.84. The van der Waals surface area contributed by atoms with E-state index in [4.69, 9.17) is 0 Å². The number of nitroso groups, excluding NO2 is 1. The fourth-order valence-corrected chi connectivity index (χ4v) is 1.58. The predicted octanol–water partition coefficient (Wildman–Crippen LogP) is 2.59. The number of aliphatic hydroxyl groups excluding tert-OH is 1. The summed E-state index contributed by atoms with van der Waals surface area (Å²) in [5.74, 6) is 0.287. The van der Waals surface area contributed by atoms with Gasteiger partial charge in [-0.1, -0.05) is 12.2 Å². The molecule has 0 aliphatic heterocycles. The Morgan fingerprint density at radius 1 is 1.54 bits per heavy atom. The number of hydrogen-bond acceptors (Lipinski definition) is 3. The molecule has 0 saturated carbocycles. The average molecular weight is 175 g/mol. The second-order valence-electron chi connectivity index (χ2n) is 3.17. The van der Waals surface area contributed by atoms with E-state index in [1.807, 2.05) is 13.0 Å². The smallest absolute Gasteiger partial charge is 0.115 e. The first kappa shape index (κ1) is 7.98. The highest BCUT2D eigenvalue weighted by molar-refractivity contribution is 5.58. The summed E-state index contributed by atoms with van der Waals surface area (Å²) in [4.78, 5) is 10.3. The molecule has 2 aliphatic carbocycles. The van der Waals surface area contributed by atoms with E-state index in [0.717, 1.165) is 11.1 Å². The van der Waals surface area contributed by atoms with Gasteiger partial charge in [0.15, 0.2) is 0 Å². The zero-order valence-electron chi connectivity index (χ0n) is 7.19. The first-order valence-corrected chi connectivity index (χ1v) is 4.07. The average Bonchev–Trinajstić information content (AvgIpc) is 2.75. The van der Waals surface area contributed by atoms with Crippen LogP contribution in [0.5, 0.6) is 0 Å². The Hall–Kier alpha value is -1.64. The number of fused-ring (bicyclic) bond motifs is 1. The quantitative estimate of drug-likeness (QED) is 0.622. The first-order valence-electron chi connectivity index (χ1n) is 4.07. The minimum Gasteiger partial charge on any atom is -0.508 e. The fourth-order valence-electron chi connectivity index (χ4n) is 1.58. The van der Waals surface area contributed by atoms with Crippen molar-refractivity contribution in [3.8, 4) is 0 Å². The summed E-state index contributed by atoms with van der Waals surface area (Å²) in [5.41, 5.74) is 2.46. The third-order valence-electron chi connectivity index (χ3n) is 2.26. The molecule has 0 aromatic carbocycles. The zero-order chi connectivity index (χ0) is 9.42. The summed E-state index contributed by atoms with van der Waals surface area (Å²) in [5, 5.41) is 12.2. The minimum absolute atomic E-state index is 0.0816. The second kappa shape index (κ2) is 2.69. The SMILES string of the molecule is CC1=CC(O)=CC=CC2C(N=O)=C12. The molecular formula is C10H9NO2. The van der Waals surface area contributed by atoms with E-state index in [1.54, 1.807) is 18.2 Å². The molecule has 66 valence electrons. The molecule has 0 bridgehead atoms. The van der Waals surface area contributed by atoms with Crippen molar-refractivity contribution < 1.29 is 5.11 Å². The van der Waals surface area contributed by atoms with Crippen molar-refractivity contribution in [1.82, 2.24) is 0 Å². The second-order valence-corrected chi connectivity index (χ2v) is 3.17. The number of hydrogen-bond donors (Lipinski definition) is 1. The van der Waals surface area contributed by atoms with E-state index in [1.165, 1.54) is 0 Å². The number of nitrogens with zero attached hydrogens (tertiary/aromatic N) is 1. The molecule has 0 aromatic heterocycles. The zero-order valence-corrected chi connectivity index (χ0v) is 7.19. The van der Waals surface area contributed by atoms with Gasteiger partial charge in [0.05, 0.1) is 5.92 Å². The first-order chi connectivity index (χ1) is 6.24. The lowest BCUT2D eigenvalue weighted by Crippen LogP contribution is -1.84. The Bertz CT molecular complexity index is 386. The van der Waals surface area contributed by atoms with Gasteiger partial charge in [-0.05, 0) is 35.4 Å². The van der Waals surface area contributed by atoms with Crippen LogP contribution in [0.1, 0.15) is 6.92 Å². The molecule has 0 radical (unpaired) electrons. The van der Waals surface area contributed by atoms with Crippen molar-refractivity contribution in [1.29, 1.82) is 0 Å². The van der Waals surface area contributed by atoms with Gasteiger partial charge in [-0.2, -0.15) is 0 Å². The Morgan fingerprint density at radius 2 is 2.31 bits per heavy atom. The van der Waals surface area contributed by atoms with Crippen LogP contribution in [0.25, 0.3) is 0 Å². The number of allylic oxidation sites excluding steroid dienone is 6. The third-order valence-corrected chi connectivity index (χ3v) is 2.26. The molecule has 0 aromatic rings. The molecule has 1 unspecified atom stereocenters. The highest BCUT2D eigenvalue weighted by atomic mass is 16.3. The van der Waals surface area contributed by atoms with Crippen LogP contribution >= 0.6 is 0 Å². The van der Waals surface area contributed by atoms with Crippen molar-refractivity contribution in [3.63, 3.8) is 0 Å².